The highest BCUT2D eigenvalue weighted by atomic mass is 16.3. The van der Waals surface area contributed by atoms with Crippen molar-refractivity contribution in [3.05, 3.63) is 24.3 Å². The van der Waals surface area contributed by atoms with Crippen LogP contribution in [0.4, 0.5) is 0 Å². The number of aliphatic hydroxyl groups is 2. The standard InChI is InChI=1S/C38H74O2/c1-3-5-7-9-11-13-15-17-19-21-23-25-27-29-31-33-35-37(39)38(40)36-34-32-30-28-26-24-22-20-18-16-14-12-10-8-6-4-2/h17-20,37-40H,3-16,21-36H2,1-2H3/b19-17-,20-18-. The van der Waals surface area contributed by atoms with Crippen molar-refractivity contribution in [3.63, 3.8) is 0 Å². The molecule has 2 nitrogen and oxygen atoms in total. The zero-order chi connectivity index (χ0) is 29.2. The van der Waals surface area contributed by atoms with Crippen LogP contribution in [-0.4, -0.2) is 22.4 Å². The average molecular weight is 563 g/mol. The Bertz CT molecular complexity index is 466. The summed E-state index contributed by atoms with van der Waals surface area (Å²) in [4.78, 5) is 0. The van der Waals surface area contributed by atoms with Crippen molar-refractivity contribution in [1.29, 1.82) is 0 Å². The number of allylic oxidation sites excluding steroid dienone is 4. The van der Waals surface area contributed by atoms with E-state index in [0.29, 0.717) is 0 Å². The molecule has 2 N–H and O–H groups in total. The maximum absolute atomic E-state index is 10.3. The molecule has 40 heavy (non-hydrogen) atoms. The van der Waals surface area contributed by atoms with Crippen LogP contribution in [0.3, 0.4) is 0 Å². The number of rotatable bonds is 33. The number of hydrogen-bond acceptors (Lipinski definition) is 2. The number of unbranched alkanes of at least 4 members (excludes halogenated alkanes) is 24. The molecule has 0 aliphatic rings. The van der Waals surface area contributed by atoms with Crippen molar-refractivity contribution in [3.8, 4) is 0 Å². The molecule has 238 valence electrons. The van der Waals surface area contributed by atoms with Crippen LogP contribution >= 0.6 is 0 Å². The van der Waals surface area contributed by atoms with Gasteiger partial charge in [-0.05, 0) is 64.2 Å². The smallest absolute Gasteiger partial charge is 0.0799 e. The summed E-state index contributed by atoms with van der Waals surface area (Å²) in [7, 11) is 0. The summed E-state index contributed by atoms with van der Waals surface area (Å²) >= 11 is 0. The molecule has 2 atom stereocenters. The van der Waals surface area contributed by atoms with Gasteiger partial charge in [0.25, 0.3) is 0 Å². The average Bonchev–Trinajstić information content (AvgIpc) is 2.96. The molecule has 0 heterocycles. The van der Waals surface area contributed by atoms with Crippen LogP contribution in [0.2, 0.25) is 0 Å². The summed E-state index contributed by atoms with van der Waals surface area (Å²) in [5, 5.41) is 20.6. The maximum Gasteiger partial charge on any atom is 0.0799 e. The molecule has 0 aromatic rings. The van der Waals surface area contributed by atoms with Crippen molar-refractivity contribution in [1.82, 2.24) is 0 Å². The van der Waals surface area contributed by atoms with Gasteiger partial charge in [-0.15, -0.1) is 0 Å². The molecule has 0 rings (SSSR count). The third-order valence-electron chi connectivity index (χ3n) is 8.47. The molecule has 0 aliphatic carbocycles. The fraction of sp³-hybridized carbons (Fsp3) is 0.895. The van der Waals surface area contributed by atoms with Gasteiger partial charge in [-0.25, -0.2) is 0 Å². The second kappa shape index (κ2) is 34.6. The quantitative estimate of drug-likeness (QED) is 0.0616. The van der Waals surface area contributed by atoms with E-state index in [1.54, 1.807) is 0 Å². The lowest BCUT2D eigenvalue weighted by atomic mass is 9.99. The molecule has 0 saturated heterocycles. The summed E-state index contributed by atoms with van der Waals surface area (Å²) in [6, 6.07) is 0. The normalized spacial score (nSPS) is 13.6. The Balaban J connectivity index is 3.35. The Morgan fingerprint density at radius 1 is 0.325 bits per heavy atom. The predicted octanol–water partition coefficient (Wildman–Crippen LogP) is 12.6. The van der Waals surface area contributed by atoms with E-state index in [1.807, 2.05) is 0 Å². The molecule has 0 amide bonds. The van der Waals surface area contributed by atoms with Crippen LogP contribution in [-0.2, 0) is 0 Å². The van der Waals surface area contributed by atoms with Crippen LogP contribution < -0.4 is 0 Å². The fourth-order valence-electron chi connectivity index (χ4n) is 5.59. The number of hydrogen-bond donors (Lipinski definition) is 2. The van der Waals surface area contributed by atoms with E-state index in [9.17, 15) is 10.2 Å². The van der Waals surface area contributed by atoms with Crippen molar-refractivity contribution in [2.24, 2.45) is 0 Å². The van der Waals surface area contributed by atoms with Gasteiger partial charge in [-0.2, -0.15) is 0 Å². The van der Waals surface area contributed by atoms with Crippen molar-refractivity contribution < 1.29 is 10.2 Å². The van der Waals surface area contributed by atoms with Gasteiger partial charge in [-0.3, -0.25) is 0 Å². The molecule has 0 saturated carbocycles. The van der Waals surface area contributed by atoms with Crippen molar-refractivity contribution in [2.75, 3.05) is 0 Å². The highest BCUT2D eigenvalue weighted by Crippen LogP contribution is 2.16. The predicted molar refractivity (Wildman–Crippen MR) is 180 cm³/mol. The molecule has 0 spiro atoms. The Hall–Kier alpha value is -0.600. The van der Waals surface area contributed by atoms with Crippen molar-refractivity contribution >= 4 is 0 Å². The minimum absolute atomic E-state index is 0.528. The van der Waals surface area contributed by atoms with Crippen LogP contribution in [0.5, 0.6) is 0 Å². The van der Waals surface area contributed by atoms with Crippen LogP contribution in [0, 0.1) is 0 Å². The first-order chi connectivity index (χ1) is 19.7. The number of aliphatic hydroxyl groups excluding tert-OH is 2. The van der Waals surface area contributed by atoms with Gasteiger partial charge < -0.3 is 10.2 Å². The lowest BCUT2D eigenvalue weighted by Crippen LogP contribution is -2.25. The fourth-order valence-corrected chi connectivity index (χ4v) is 5.59. The lowest BCUT2D eigenvalue weighted by Gasteiger charge is -2.17. The van der Waals surface area contributed by atoms with Gasteiger partial charge in [0.05, 0.1) is 12.2 Å². The summed E-state index contributed by atoms with van der Waals surface area (Å²) in [5.41, 5.74) is 0. The lowest BCUT2D eigenvalue weighted by molar-refractivity contribution is 0.00712. The first kappa shape index (κ1) is 39.4. The molecule has 0 aromatic carbocycles. The first-order valence-corrected chi connectivity index (χ1v) is 18.4. The first-order valence-electron chi connectivity index (χ1n) is 18.4. The van der Waals surface area contributed by atoms with Crippen molar-refractivity contribution in [2.45, 2.75) is 219 Å². The van der Waals surface area contributed by atoms with E-state index in [1.165, 1.54) is 167 Å². The van der Waals surface area contributed by atoms with E-state index >= 15 is 0 Å². The minimum atomic E-state index is -0.528. The molecule has 0 aromatic heterocycles. The van der Waals surface area contributed by atoms with Crippen LogP contribution in [0.15, 0.2) is 24.3 Å². The van der Waals surface area contributed by atoms with Gasteiger partial charge in [0.15, 0.2) is 0 Å². The monoisotopic (exact) mass is 563 g/mol. The Morgan fingerprint density at radius 2 is 0.550 bits per heavy atom. The van der Waals surface area contributed by atoms with E-state index in [2.05, 4.69) is 38.2 Å². The highest BCUT2D eigenvalue weighted by Gasteiger charge is 2.15. The van der Waals surface area contributed by atoms with Crippen LogP contribution in [0.25, 0.3) is 0 Å². The van der Waals surface area contributed by atoms with Gasteiger partial charge in [0.1, 0.15) is 0 Å². The zero-order valence-electron chi connectivity index (χ0n) is 27.6. The van der Waals surface area contributed by atoms with Crippen LogP contribution in [0.1, 0.15) is 206 Å². The molecule has 2 heteroatoms. The largest absolute Gasteiger partial charge is 0.390 e. The summed E-state index contributed by atoms with van der Waals surface area (Å²) in [6.45, 7) is 4.56. The van der Waals surface area contributed by atoms with E-state index in [-0.39, 0.29) is 0 Å². The van der Waals surface area contributed by atoms with Gasteiger partial charge in [-0.1, -0.05) is 167 Å². The minimum Gasteiger partial charge on any atom is -0.390 e. The Kier molecular flexibility index (Phi) is 34.1. The van der Waals surface area contributed by atoms with Gasteiger partial charge in [0.2, 0.25) is 0 Å². The van der Waals surface area contributed by atoms with E-state index in [4.69, 9.17) is 0 Å². The highest BCUT2D eigenvalue weighted by molar-refractivity contribution is 4.82. The molecule has 0 bridgehead atoms. The molecule has 0 radical (unpaired) electrons. The van der Waals surface area contributed by atoms with E-state index in [0.717, 1.165) is 25.7 Å². The summed E-state index contributed by atoms with van der Waals surface area (Å²) in [5.74, 6) is 0. The SMILES string of the molecule is CCCCCCCC/C=C\CCCCCCCCC(O)C(O)CCCCCCCC/C=C\CCCCCCCC. The topological polar surface area (TPSA) is 40.5 Å². The Labute approximate surface area is 252 Å². The zero-order valence-corrected chi connectivity index (χ0v) is 27.6. The van der Waals surface area contributed by atoms with Gasteiger partial charge >= 0.3 is 0 Å². The Morgan fingerprint density at radius 3 is 0.825 bits per heavy atom. The summed E-state index contributed by atoms with van der Waals surface area (Å²) in [6.07, 6.45) is 46.5. The van der Waals surface area contributed by atoms with E-state index < -0.39 is 12.2 Å². The molecule has 2 unspecified atom stereocenters. The third-order valence-corrected chi connectivity index (χ3v) is 8.47. The maximum atomic E-state index is 10.3. The molecular weight excluding hydrogens is 488 g/mol. The molecule has 0 aliphatic heterocycles. The third kappa shape index (κ3) is 31.9. The second-order valence-corrected chi connectivity index (χ2v) is 12.6. The molecule has 0 fully saturated rings. The second-order valence-electron chi connectivity index (χ2n) is 12.6. The molecular formula is C38H74O2. The van der Waals surface area contributed by atoms with Gasteiger partial charge in [0, 0.05) is 0 Å². The summed E-state index contributed by atoms with van der Waals surface area (Å²) < 4.78 is 0.